The number of benzene rings is 1. The molecule has 144 valence electrons. The SMILES string of the molecule is C[C@@H](Sc1nccn1C)C(=O)N1N=C(c2ccc(Cl)cc2)C[C@H]1c1ccco1. The van der Waals surface area contributed by atoms with Crippen molar-refractivity contribution in [2.75, 3.05) is 0 Å². The van der Waals surface area contributed by atoms with E-state index in [-0.39, 0.29) is 17.2 Å². The molecule has 6 nitrogen and oxygen atoms in total. The number of nitrogens with zero attached hydrogens (tertiary/aromatic N) is 4. The van der Waals surface area contributed by atoms with Crippen LogP contribution in [0.15, 0.2) is 69.7 Å². The number of rotatable bonds is 5. The molecular formula is C20H19ClN4O2S. The molecule has 0 bridgehead atoms. The Labute approximate surface area is 172 Å². The second-order valence-corrected chi connectivity index (χ2v) is 8.30. The third kappa shape index (κ3) is 3.72. The van der Waals surface area contributed by atoms with E-state index in [2.05, 4.69) is 10.1 Å². The Bertz CT molecular complexity index is 998. The maximum Gasteiger partial charge on any atom is 0.256 e. The predicted octanol–water partition coefficient (Wildman–Crippen LogP) is 4.53. The number of carbonyl (C=O) groups excluding carboxylic acids is 1. The van der Waals surface area contributed by atoms with Crippen LogP contribution < -0.4 is 0 Å². The zero-order chi connectivity index (χ0) is 19.7. The highest BCUT2D eigenvalue weighted by Gasteiger charge is 2.37. The Morgan fingerprint density at radius 1 is 1.32 bits per heavy atom. The van der Waals surface area contributed by atoms with Crippen molar-refractivity contribution in [3.8, 4) is 0 Å². The van der Waals surface area contributed by atoms with Gasteiger partial charge in [0, 0.05) is 30.9 Å². The number of amides is 1. The summed E-state index contributed by atoms with van der Waals surface area (Å²) in [5.74, 6) is 0.633. The molecule has 0 radical (unpaired) electrons. The molecule has 2 aromatic heterocycles. The van der Waals surface area contributed by atoms with Crippen LogP contribution in [0.25, 0.3) is 0 Å². The largest absolute Gasteiger partial charge is 0.467 e. The van der Waals surface area contributed by atoms with Gasteiger partial charge in [0.25, 0.3) is 5.91 Å². The number of aromatic nitrogens is 2. The van der Waals surface area contributed by atoms with Crippen molar-refractivity contribution in [1.82, 2.24) is 14.6 Å². The quantitative estimate of drug-likeness (QED) is 0.575. The molecule has 28 heavy (non-hydrogen) atoms. The fourth-order valence-electron chi connectivity index (χ4n) is 3.09. The third-order valence-electron chi connectivity index (χ3n) is 4.59. The molecule has 1 aliphatic heterocycles. The standard InChI is InChI=1S/C20H19ClN4O2S/c1-13(28-20-22-9-10-24(20)2)19(26)25-17(18-4-3-11-27-18)12-16(23-25)14-5-7-15(21)8-6-14/h3-11,13,17H,12H2,1-2H3/t13-,17+/m1/s1. The van der Waals surface area contributed by atoms with Crippen molar-refractivity contribution < 1.29 is 9.21 Å². The van der Waals surface area contributed by atoms with E-state index in [1.54, 1.807) is 17.5 Å². The molecule has 3 heterocycles. The highest BCUT2D eigenvalue weighted by molar-refractivity contribution is 8.00. The van der Waals surface area contributed by atoms with Gasteiger partial charge in [-0.15, -0.1) is 0 Å². The van der Waals surface area contributed by atoms with Crippen molar-refractivity contribution in [2.24, 2.45) is 12.1 Å². The number of aryl methyl sites for hydroxylation is 1. The van der Waals surface area contributed by atoms with E-state index in [4.69, 9.17) is 16.0 Å². The zero-order valence-corrected chi connectivity index (χ0v) is 17.0. The van der Waals surface area contributed by atoms with Gasteiger partial charge in [0.1, 0.15) is 11.8 Å². The topological polar surface area (TPSA) is 63.6 Å². The molecule has 8 heteroatoms. The molecule has 1 aromatic carbocycles. The lowest BCUT2D eigenvalue weighted by atomic mass is 10.0. The third-order valence-corrected chi connectivity index (χ3v) is 6.00. The van der Waals surface area contributed by atoms with E-state index >= 15 is 0 Å². The highest BCUT2D eigenvalue weighted by Crippen LogP contribution is 2.35. The first-order valence-electron chi connectivity index (χ1n) is 8.87. The molecule has 4 rings (SSSR count). The average Bonchev–Trinajstić information content (AvgIpc) is 3.43. The van der Waals surface area contributed by atoms with Crippen molar-refractivity contribution in [3.05, 3.63) is 71.4 Å². The lowest BCUT2D eigenvalue weighted by Gasteiger charge is -2.22. The summed E-state index contributed by atoms with van der Waals surface area (Å²) in [5.41, 5.74) is 1.78. The smallest absolute Gasteiger partial charge is 0.256 e. The van der Waals surface area contributed by atoms with Gasteiger partial charge >= 0.3 is 0 Å². The predicted molar refractivity (Wildman–Crippen MR) is 109 cm³/mol. The summed E-state index contributed by atoms with van der Waals surface area (Å²) in [6.45, 7) is 1.87. The van der Waals surface area contributed by atoms with E-state index in [1.807, 2.05) is 61.1 Å². The number of hydrazone groups is 1. The minimum Gasteiger partial charge on any atom is -0.467 e. The summed E-state index contributed by atoms with van der Waals surface area (Å²) in [6, 6.07) is 10.9. The minimum absolute atomic E-state index is 0.0848. The summed E-state index contributed by atoms with van der Waals surface area (Å²) >= 11 is 7.41. The Morgan fingerprint density at radius 2 is 2.11 bits per heavy atom. The van der Waals surface area contributed by atoms with E-state index < -0.39 is 0 Å². The van der Waals surface area contributed by atoms with Crippen LogP contribution in [0.3, 0.4) is 0 Å². The van der Waals surface area contributed by atoms with Gasteiger partial charge < -0.3 is 8.98 Å². The van der Waals surface area contributed by atoms with Crippen LogP contribution in [-0.4, -0.2) is 31.4 Å². The molecule has 0 N–H and O–H groups in total. The first-order chi connectivity index (χ1) is 13.5. The summed E-state index contributed by atoms with van der Waals surface area (Å²) in [4.78, 5) is 17.5. The molecule has 1 amide bonds. The molecule has 1 aliphatic rings. The van der Waals surface area contributed by atoms with E-state index in [0.717, 1.165) is 22.2 Å². The van der Waals surface area contributed by atoms with E-state index in [0.29, 0.717) is 11.4 Å². The van der Waals surface area contributed by atoms with Crippen LogP contribution in [0.2, 0.25) is 5.02 Å². The van der Waals surface area contributed by atoms with Crippen molar-refractivity contribution in [3.63, 3.8) is 0 Å². The van der Waals surface area contributed by atoms with Gasteiger partial charge in [0.2, 0.25) is 0 Å². The van der Waals surface area contributed by atoms with Crippen LogP contribution in [0.4, 0.5) is 0 Å². The van der Waals surface area contributed by atoms with Gasteiger partial charge in [-0.25, -0.2) is 9.99 Å². The second kappa shape index (κ2) is 7.85. The highest BCUT2D eigenvalue weighted by atomic mass is 35.5. The van der Waals surface area contributed by atoms with Crippen LogP contribution in [0.1, 0.15) is 30.7 Å². The fraction of sp³-hybridized carbons (Fsp3) is 0.250. The summed E-state index contributed by atoms with van der Waals surface area (Å²) < 4.78 is 7.49. The Hall–Kier alpha value is -2.51. The molecule has 2 atom stereocenters. The summed E-state index contributed by atoms with van der Waals surface area (Å²) in [6.07, 6.45) is 5.78. The van der Waals surface area contributed by atoms with Crippen molar-refractivity contribution in [1.29, 1.82) is 0 Å². The molecule has 0 spiro atoms. The summed E-state index contributed by atoms with van der Waals surface area (Å²) in [7, 11) is 1.91. The summed E-state index contributed by atoms with van der Waals surface area (Å²) in [5, 5.41) is 7.31. The van der Waals surface area contributed by atoms with E-state index in [9.17, 15) is 4.79 Å². The molecule has 3 aromatic rings. The van der Waals surface area contributed by atoms with Crippen LogP contribution >= 0.6 is 23.4 Å². The van der Waals surface area contributed by atoms with Crippen molar-refractivity contribution >= 4 is 35.0 Å². The maximum absolute atomic E-state index is 13.2. The first-order valence-corrected chi connectivity index (χ1v) is 10.1. The maximum atomic E-state index is 13.2. The van der Waals surface area contributed by atoms with Gasteiger partial charge in [-0.2, -0.15) is 5.10 Å². The molecule has 0 fully saturated rings. The average molecular weight is 415 g/mol. The number of halogens is 1. The number of furan rings is 1. The molecule has 0 aliphatic carbocycles. The number of imidazole rings is 1. The minimum atomic E-state index is -0.341. The molecule has 0 saturated carbocycles. The lowest BCUT2D eigenvalue weighted by Crippen LogP contribution is -2.33. The number of carbonyl (C=O) groups is 1. The van der Waals surface area contributed by atoms with Crippen LogP contribution in [-0.2, 0) is 11.8 Å². The van der Waals surface area contributed by atoms with Gasteiger partial charge in [0.05, 0.1) is 17.2 Å². The Kier molecular flexibility index (Phi) is 5.28. The van der Waals surface area contributed by atoms with Gasteiger partial charge in [-0.1, -0.05) is 35.5 Å². The van der Waals surface area contributed by atoms with Crippen LogP contribution in [0.5, 0.6) is 0 Å². The Balaban J connectivity index is 1.61. The fourth-order valence-corrected chi connectivity index (χ4v) is 4.09. The number of hydrogen-bond donors (Lipinski definition) is 0. The first kappa shape index (κ1) is 18.8. The molecule has 0 saturated heterocycles. The number of thioether (sulfide) groups is 1. The van der Waals surface area contributed by atoms with Crippen molar-refractivity contribution in [2.45, 2.75) is 29.8 Å². The van der Waals surface area contributed by atoms with E-state index in [1.165, 1.54) is 11.8 Å². The lowest BCUT2D eigenvalue weighted by molar-refractivity contribution is -0.132. The normalized spacial score (nSPS) is 17.6. The van der Waals surface area contributed by atoms with Crippen LogP contribution in [0, 0.1) is 0 Å². The second-order valence-electron chi connectivity index (χ2n) is 6.55. The molecule has 0 unspecified atom stereocenters. The van der Waals surface area contributed by atoms with Gasteiger partial charge in [-0.05, 0) is 36.8 Å². The molecular weight excluding hydrogens is 396 g/mol. The van der Waals surface area contributed by atoms with Gasteiger partial charge in [0.15, 0.2) is 5.16 Å². The number of hydrogen-bond acceptors (Lipinski definition) is 5. The zero-order valence-electron chi connectivity index (χ0n) is 15.4. The van der Waals surface area contributed by atoms with Gasteiger partial charge in [-0.3, -0.25) is 4.79 Å². The Morgan fingerprint density at radius 3 is 2.75 bits per heavy atom. The monoisotopic (exact) mass is 414 g/mol.